The fourth-order valence-corrected chi connectivity index (χ4v) is 3.86. The van der Waals surface area contributed by atoms with Crippen LogP contribution in [0, 0.1) is 10.1 Å². The molecule has 1 atom stereocenters. The van der Waals surface area contributed by atoms with Crippen molar-refractivity contribution >= 4 is 33.2 Å². The van der Waals surface area contributed by atoms with Crippen LogP contribution in [-0.2, 0) is 10.0 Å². The van der Waals surface area contributed by atoms with Gasteiger partial charge in [-0.25, -0.2) is 8.42 Å². The molecule has 7 nitrogen and oxygen atoms in total. The number of rotatable bonds is 7. The SMILES string of the molecule is CSCCC(C)N(C)S(=O)(=O)c1ccc(N)cc1[N+](=O)[O-]. The number of sulfonamides is 1. The van der Waals surface area contributed by atoms with E-state index in [4.69, 9.17) is 5.73 Å². The van der Waals surface area contributed by atoms with Crippen molar-refractivity contribution in [2.75, 3.05) is 24.8 Å². The van der Waals surface area contributed by atoms with E-state index in [1.165, 1.54) is 23.5 Å². The number of anilines is 1. The van der Waals surface area contributed by atoms with E-state index in [9.17, 15) is 18.5 Å². The molecule has 21 heavy (non-hydrogen) atoms. The molecule has 0 radical (unpaired) electrons. The first-order chi connectivity index (χ1) is 9.71. The van der Waals surface area contributed by atoms with Crippen LogP contribution in [0.5, 0.6) is 0 Å². The van der Waals surface area contributed by atoms with E-state index >= 15 is 0 Å². The third-order valence-corrected chi connectivity index (χ3v) is 5.86. The number of thioether (sulfide) groups is 1. The van der Waals surface area contributed by atoms with Gasteiger partial charge in [-0.1, -0.05) is 0 Å². The number of nitrogens with zero attached hydrogens (tertiary/aromatic N) is 2. The van der Waals surface area contributed by atoms with Gasteiger partial charge in [-0.15, -0.1) is 0 Å². The molecule has 0 saturated heterocycles. The minimum Gasteiger partial charge on any atom is -0.399 e. The second-order valence-corrected chi connectivity index (χ2v) is 7.59. The first kappa shape index (κ1) is 17.7. The van der Waals surface area contributed by atoms with Gasteiger partial charge in [0.25, 0.3) is 5.69 Å². The van der Waals surface area contributed by atoms with Gasteiger partial charge >= 0.3 is 0 Å². The molecule has 1 rings (SSSR count). The number of nitro benzene ring substituents is 1. The summed E-state index contributed by atoms with van der Waals surface area (Å²) in [4.78, 5) is 9.98. The summed E-state index contributed by atoms with van der Waals surface area (Å²) >= 11 is 1.62. The molecular formula is C12H19N3O4S2. The number of nitro groups is 1. The van der Waals surface area contributed by atoms with Gasteiger partial charge in [0, 0.05) is 24.8 Å². The first-order valence-corrected chi connectivity index (χ1v) is 9.06. The van der Waals surface area contributed by atoms with Crippen LogP contribution in [0.25, 0.3) is 0 Å². The highest BCUT2D eigenvalue weighted by Gasteiger charge is 2.31. The third kappa shape index (κ3) is 4.08. The number of hydrogen-bond donors (Lipinski definition) is 1. The Morgan fingerprint density at radius 3 is 2.62 bits per heavy atom. The van der Waals surface area contributed by atoms with E-state index < -0.39 is 20.6 Å². The molecule has 0 aliphatic carbocycles. The van der Waals surface area contributed by atoms with Crippen molar-refractivity contribution in [1.82, 2.24) is 4.31 Å². The van der Waals surface area contributed by atoms with Gasteiger partial charge in [0.2, 0.25) is 10.0 Å². The fraction of sp³-hybridized carbons (Fsp3) is 0.500. The molecular weight excluding hydrogens is 314 g/mol. The average molecular weight is 333 g/mol. The first-order valence-electron chi connectivity index (χ1n) is 6.22. The van der Waals surface area contributed by atoms with Crippen LogP contribution in [-0.4, -0.2) is 42.7 Å². The highest BCUT2D eigenvalue weighted by molar-refractivity contribution is 7.98. The van der Waals surface area contributed by atoms with Crippen LogP contribution < -0.4 is 5.73 Å². The van der Waals surface area contributed by atoms with Gasteiger partial charge in [0.05, 0.1) is 4.92 Å². The van der Waals surface area contributed by atoms with E-state index in [0.29, 0.717) is 6.42 Å². The molecule has 0 fully saturated rings. The molecule has 0 spiro atoms. The lowest BCUT2D eigenvalue weighted by Crippen LogP contribution is -2.35. The maximum Gasteiger partial charge on any atom is 0.291 e. The summed E-state index contributed by atoms with van der Waals surface area (Å²) in [6.07, 6.45) is 2.60. The molecule has 0 aliphatic rings. The van der Waals surface area contributed by atoms with Crippen molar-refractivity contribution in [2.45, 2.75) is 24.3 Å². The Kier molecular flexibility index (Phi) is 5.99. The van der Waals surface area contributed by atoms with Gasteiger partial charge < -0.3 is 5.73 Å². The van der Waals surface area contributed by atoms with E-state index in [2.05, 4.69) is 0 Å². The summed E-state index contributed by atoms with van der Waals surface area (Å²) in [6.45, 7) is 1.77. The molecule has 0 aromatic heterocycles. The zero-order chi connectivity index (χ0) is 16.2. The molecule has 0 aliphatic heterocycles. The lowest BCUT2D eigenvalue weighted by molar-refractivity contribution is -0.387. The van der Waals surface area contributed by atoms with Gasteiger partial charge in [-0.2, -0.15) is 16.1 Å². The van der Waals surface area contributed by atoms with E-state index in [1.807, 2.05) is 6.26 Å². The number of nitrogen functional groups attached to an aromatic ring is 1. The summed E-state index contributed by atoms with van der Waals surface area (Å²) in [6, 6.07) is 3.34. The predicted octanol–water partition coefficient (Wildman–Crippen LogP) is 1.94. The Morgan fingerprint density at radius 2 is 2.10 bits per heavy atom. The van der Waals surface area contributed by atoms with Crippen LogP contribution in [0.1, 0.15) is 13.3 Å². The number of hydrogen-bond acceptors (Lipinski definition) is 6. The Hall–Kier alpha value is -1.32. The molecule has 1 aromatic rings. The molecule has 0 saturated carbocycles. The largest absolute Gasteiger partial charge is 0.399 e. The Balaban J connectivity index is 3.22. The van der Waals surface area contributed by atoms with Crippen molar-refractivity contribution in [3.05, 3.63) is 28.3 Å². The third-order valence-electron chi connectivity index (χ3n) is 3.20. The molecule has 1 aromatic carbocycles. The molecule has 1 unspecified atom stereocenters. The highest BCUT2D eigenvalue weighted by Crippen LogP contribution is 2.29. The van der Waals surface area contributed by atoms with Crippen LogP contribution in [0.2, 0.25) is 0 Å². The number of nitrogens with two attached hydrogens (primary N) is 1. The highest BCUT2D eigenvalue weighted by atomic mass is 32.2. The summed E-state index contributed by atoms with van der Waals surface area (Å²) in [5.41, 5.74) is 5.15. The van der Waals surface area contributed by atoms with Gasteiger partial charge in [0.15, 0.2) is 4.90 Å². The second-order valence-electron chi connectivity index (χ2n) is 4.64. The molecule has 2 N–H and O–H groups in total. The van der Waals surface area contributed by atoms with Crippen LogP contribution in [0.3, 0.4) is 0 Å². The quantitative estimate of drug-likeness (QED) is 0.464. The van der Waals surface area contributed by atoms with Gasteiger partial charge in [-0.3, -0.25) is 10.1 Å². The fourth-order valence-electron chi connectivity index (χ4n) is 1.76. The maximum absolute atomic E-state index is 12.5. The molecule has 9 heteroatoms. The Labute approximate surface area is 128 Å². The Bertz CT molecular complexity index is 619. The van der Waals surface area contributed by atoms with E-state index in [1.54, 1.807) is 18.7 Å². The van der Waals surface area contributed by atoms with Gasteiger partial charge in [-0.05, 0) is 37.5 Å². The standard InChI is InChI=1S/C12H19N3O4S2/c1-9(6-7-20-3)14(2)21(18,19)12-5-4-10(13)8-11(12)15(16)17/h4-5,8-9H,6-7,13H2,1-3H3. The van der Waals surface area contributed by atoms with Crippen molar-refractivity contribution < 1.29 is 13.3 Å². The Morgan fingerprint density at radius 1 is 1.48 bits per heavy atom. The lowest BCUT2D eigenvalue weighted by Gasteiger charge is -2.24. The molecule has 0 heterocycles. The van der Waals surface area contributed by atoms with Crippen molar-refractivity contribution in [3.63, 3.8) is 0 Å². The topological polar surface area (TPSA) is 107 Å². The minimum atomic E-state index is -3.93. The second kappa shape index (κ2) is 7.10. The summed E-state index contributed by atoms with van der Waals surface area (Å²) in [7, 11) is -2.50. The van der Waals surface area contributed by atoms with E-state index in [-0.39, 0.29) is 16.6 Å². The zero-order valence-corrected chi connectivity index (χ0v) is 13.8. The smallest absolute Gasteiger partial charge is 0.291 e. The molecule has 0 amide bonds. The van der Waals surface area contributed by atoms with Crippen molar-refractivity contribution in [1.29, 1.82) is 0 Å². The molecule has 118 valence electrons. The summed E-state index contributed by atoms with van der Waals surface area (Å²) in [5.74, 6) is 0.810. The average Bonchev–Trinajstić information content (AvgIpc) is 2.43. The lowest BCUT2D eigenvalue weighted by atomic mass is 10.3. The zero-order valence-electron chi connectivity index (χ0n) is 12.1. The van der Waals surface area contributed by atoms with E-state index in [0.717, 1.165) is 11.8 Å². The minimum absolute atomic E-state index is 0.152. The predicted molar refractivity (Wildman–Crippen MR) is 84.9 cm³/mol. The monoisotopic (exact) mass is 333 g/mol. The van der Waals surface area contributed by atoms with Crippen molar-refractivity contribution in [3.8, 4) is 0 Å². The normalized spacial score (nSPS) is 13.3. The van der Waals surface area contributed by atoms with Crippen LogP contribution in [0.4, 0.5) is 11.4 Å². The van der Waals surface area contributed by atoms with Crippen LogP contribution in [0.15, 0.2) is 23.1 Å². The van der Waals surface area contributed by atoms with Crippen LogP contribution >= 0.6 is 11.8 Å². The summed E-state index contributed by atoms with van der Waals surface area (Å²) in [5, 5.41) is 11.0. The summed E-state index contributed by atoms with van der Waals surface area (Å²) < 4.78 is 26.3. The molecule has 0 bridgehead atoms. The maximum atomic E-state index is 12.5. The van der Waals surface area contributed by atoms with Crippen molar-refractivity contribution in [2.24, 2.45) is 0 Å². The van der Waals surface area contributed by atoms with Gasteiger partial charge in [0.1, 0.15) is 0 Å². The number of benzene rings is 1.